The average Bonchev–Trinajstić information content (AvgIpc) is 2.42. The molecule has 0 aliphatic rings. The Balaban J connectivity index is 2.35. The van der Waals surface area contributed by atoms with Gasteiger partial charge in [-0.3, -0.25) is 10.1 Å². The summed E-state index contributed by atoms with van der Waals surface area (Å²) < 4.78 is 67.4. The number of nitro groups is 1. The van der Waals surface area contributed by atoms with Gasteiger partial charge in [0.25, 0.3) is 5.69 Å². The lowest BCUT2D eigenvalue weighted by molar-refractivity contribution is -0.384. The van der Waals surface area contributed by atoms with Crippen LogP contribution in [0.4, 0.5) is 18.9 Å². The maximum absolute atomic E-state index is 13.4. The van der Waals surface area contributed by atoms with Gasteiger partial charge in [0.15, 0.2) is 11.6 Å². The monoisotopic (exact) mass is 333 g/mol. The van der Waals surface area contributed by atoms with Crippen molar-refractivity contribution in [2.24, 2.45) is 0 Å². The van der Waals surface area contributed by atoms with Crippen LogP contribution in [0.15, 0.2) is 41.3 Å². The standard InChI is InChI=1S/C12H6F3NO5S/c13-9-5-11(15)12(6-10(9)14)22(19,20)21-8-3-1-7(2-4-8)16(17)18/h1-6H. The van der Waals surface area contributed by atoms with E-state index in [-0.39, 0.29) is 23.6 Å². The van der Waals surface area contributed by atoms with Crippen LogP contribution in [0.2, 0.25) is 0 Å². The molecule has 116 valence electrons. The summed E-state index contributed by atoms with van der Waals surface area (Å²) >= 11 is 0. The molecule has 0 aromatic heterocycles. The van der Waals surface area contributed by atoms with E-state index in [0.717, 1.165) is 24.3 Å². The van der Waals surface area contributed by atoms with E-state index in [1.54, 1.807) is 0 Å². The van der Waals surface area contributed by atoms with Gasteiger partial charge in [-0.05, 0) is 12.1 Å². The Hall–Kier alpha value is -2.62. The third-order valence-electron chi connectivity index (χ3n) is 2.50. The fourth-order valence-corrected chi connectivity index (χ4v) is 2.49. The van der Waals surface area contributed by atoms with Gasteiger partial charge in [0.05, 0.1) is 4.92 Å². The van der Waals surface area contributed by atoms with Crippen LogP contribution in [-0.2, 0) is 10.1 Å². The first-order valence-electron chi connectivity index (χ1n) is 5.54. The molecule has 0 atom stereocenters. The molecule has 0 bridgehead atoms. The molecule has 0 aliphatic heterocycles. The highest BCUT2D eigenvalue weighted by molar-refractivity contribution is 7.87. The summed E-state index contributed by atoms with van der Waals surface area (Å²) in [6.45, 7) is 0. The number of rotatable bonds is 4. The van der Waals surface area contributed by atoms with Gasteiger partial charge >= 0.3 is 10.1 Å². The quantitative estimate of drug-likeness (QED) is 0.372. The summed E-state index contributed by atoms with van der Waals surface area (Å²) in [7, 11) is -4.77. The van der Waals surface area contributed by atoms with Gasteiger partial charge in [0.1, 0.15) is 16.5 Å². The second kappa shape index (κ2) is 5.64. The van der Waals surface area contributed by atoms with Crippen molar-refractivity contribution in [1.29, 1.82) is 0 Å². The molecule has 2 aromatic rings. The van der Waals surface area contributed by atoms with Crippen molar-refractivity contribution in [3.8, 4) is 5.75 Å². The van der Waals surface area contributed by atoms with Crippen molar-refractivity contribution >= 4 is 15.8 Å². The Morgan fingerprint density at radius 1 is 0.955 bits per heavy atom. The van der Waals surface area contributed by atoms with Crippen molar-refractivity contribution in [2.75, 3.05) is 0 Å². The van der Waals surface area contributed by atoms with Crippen LogP contribution < -0.4 is 4.18 Å². The molecular formula is C12H6F3NO5S. The number of halogens is 3. The van der Waals surface area contributed by atoms with E-state index in [4.69, 9.17) is 0 Å². The van der Waals surface area contributed by atoms with Gasteiger partial charge in [0, 0.05) is 24.3 Å². The summed E-state index contributed by atoms with van der Waals surface area (Å²) in [5.74, 6) is -4.99. The molecule has 0 radical (unpaired) electrons. The van der Waals surface area contributed by atoms with E-state index in [2.05, 4.69) is 4.18 Å². The summed E-state index contributed by atoms with van der Waals surface area (Å²) in [5, 5.41) is 10.5. The molecule has 0 N–H and O–H groups in total. The smallest absolute Gasteiger partial charge is 0.342 e. The third-order valence-corrected chi connectivity index (χ3v) is 3.76. The predicted molar refractivity (Wildman–Crippen MR) is 67.2 cm³/mol. The normalized spacial score (nSPS) is 11.2. The van der Waals surface area contributed by atoms with E-state index in [1.165, 1.54) is 0 Å². The van der Waals surface area contributed by atoms with Crippen molar-refractivity contribution in [3.05, 3.63) is 64.0 Å². The highest BCUT2D eigenvalue weighted by atomic mass is 32.2. The van der Waals surface area contributed by atoms with Crippen LogP contribution in [-0.4, -0.2) is 13.3 Å². The first-order chi connectivity index (χ1) is 10.2. The number of hydrogen-bond acceptors (Lipinski definition) is 5. The highest BCUT2D eigenvalue weighted by Gasteiger charge is 2.24. The van der Waals surface area contributed by atoms with Crippen LogP contribution >= 0.6 is 0 Å². The largest absolute Gasteiger partial charge is 0.379 e. The van der Waals surface area contributed by atoms with Crippen molar-refractivity contribution < 1.29 is 30.7 Å². The summed E-state index contributed by atoms with van der Waals surface area (Å²) in [6, 6.07) is 4.08. The summed E-state index contributed by atoms with van der Waals surface area (Å²) in [4.78, 5) is 8.55. The Morgan fingerprint density at radius 2 is 1.50 bits per heavy atom. The zero-order chi connectivity index (χ0) is 16.5. The van der Waals surface area contributed by atoms with Gasteiger partial charge in [-0.2, -0.15) is 8.42 Å². The summed E-state index contributed by atoms with van der Waals surface area (Å²) in [5.41, 5.74) is -0.316. The fourth-order valence-electron chi connectivity index (χ4n) is 1.49. The number of hydrogen-bond donors (Lipinski definition) is 0. The van der Waals surface area contributed by atoms with Crippen molar-refractivity contribution in [3.63, 3.8) is 0 Å². The first-order valence-corrected chi connectivity index (χ1v) is 6.95. The maximum atomic E-state index is 13.4. The van der Waals surface area contributed by atoms with Crippen LogP contribution in [0, 0.1) is 27.6 Å². The fraction of sp³-hybridized carbons (Fsp3) is 0. The van der Waals surface area contributed by atoms with Crippen molar-refractivity contribution in [1.82, 2.24) is 0 Å². The minimum atomic E-state index is -4.77. The van der Waals surface area contributed by atoms with Gasteiger partial charge < -0.3 is 4.18 Å². The van der Waals surface area contributed by atoms with Crippen LogP contribution in [0.25, 0.3) is 0 Å². The zero-order valence-corrected chi connectivity index (χ0v) is 11.3. The molecule has 0 saturated heterocycles. The number of benzene rings is 2. The average molecular weight is 333 g/mol. The van der Waals surface area contributed by atoms with Crippen LogP contribution in [0.3, 0.4) is 0 Å². The Bertz CT molecular complexity index is 837. The van der Waals surface area contributed by atoms with E-state index < -0.39 is 37.4 Å². The van der Waals surface area contributed by atoms with E-state index >= 15 is 0 Å². The molecule has 2 rings (SSSR count). The molecule has 0 unspecified atom stereocenters. The van der Waals surface area contributed by atoms with E-state index in [1.807, 2.05) is 0 Å². The maximum Gasteiger partial charge on any atom is 0.342 e. The lowest BCUT2D eigenvalue weighted by Crippen LogP contribution is -2.12. The molecule has 0 heterocycles. The topological polar surface area (TPSA) is 86.5 Å². The molecular weight excluding hydrogens is 327 g/mol. The SMILES string of the molecule is O=[N+]([O-])c1ccc(OS(=O)(=O)c2cc(F)c(F)cc2F)cc1. The lowest BCUT2D eigenvalue weighted by atomic mass is 10.3. The van der Waals surface area contributed by atoms with Gasteiger partial charge in [0.2, 0.25) is 0 Å². The molecule has 22 heavy (non-hydrogen) atoms. The Kier molecular flexibility index (Phi) is 4.04. The Morgan fingerprint density at radius 3 is 2.05 bits per heavy atom. The minimum Gasteiger partial charge on any atom is -0.379 e. The first kappa shape index (κ1) is 15.8. The highest BCUT2D eigenvalue weighted by Crippen LogP contribution is 2.24. The zero-order valence-electron chi connectivity index (χ0n) is 10.5. The molecule has 2 aromatic carbocycles. The van der Waals surface area contributed by atoms with Crippen LogP contribution in [0.5, 0.6) is 5.75 Å². The molecule has 0 spiro atoms. The van der Waals surface area contributed by atoms with Crippen molar-refractivity contribution in [2.45, 2.75) is 4.90 Å². The minimum absolute atomic E-state index is 0.0708. The third kappa shape index (κ3) is 3.17. The second-order valence-electron chi connectivity index (χ2n) is 3.99. The summed E-state index contributed by atoms with van der Waals surface area (Å²) in [6.07, 6.45) is 0. The van der Waals surface area contributed by atoms with Gasteiger partial charge in [-0.15, -0.1) is 0 Å². The number of nitro benzene ring substituents is 1. The molecule has 0 amide bonds. The van der Waals surface area contributed by atoms with E-state index in [9.17, 15) is 31.7 Å². The van der Waals surface area contributed by atoms with E-state index in [0.29, 0.717) is 0 Å². The predicted octanol–water partition coefficient (Wildman–Crippen LogP) is 2.78. The molecule has 0 aliphatic carbocycles. The van der Waals surface area contributed by atoms with Crippen LogP contribution in [0.1, 0.15) is 0 Å². The molecule has 10 heteroatoms. The number of nitrogens with zero attached hydrogens (tertiary/aromatic N) is 1. The number of non-ortho nitro benzene ring substituents is 1. The van der Waals surface area contributed by atoms with Gasteiger partial charge in [-0.25, -0.2) is 13.2 Å². The molecule has 0 saturated carbocycles. The van der Waals surface area contributed by atoms with Gasteiger partial charge in [-0.1, -0.05) is 0 Å². The second-order valence-corrected chi connectivity index (χ2v) is 5.50. The molecule has 6 nitrogen and oxygen atoms in total. The lowest BCUT2D eigenvalue weighted by Gasteiger charge is -2.08. The molecule has 0 fully saturated rings. The Labute approximate surface area is 122 Å².